The van der Waals surface area contributed by atoms with Crippen LogP contribution in [-0.4, -0.2) is 28.7 Å². The van der Waals surface area contributed by atoms with Crippen molar-refractivity contribution in [3.8, 4) is 0 Å². The maximum absolute atomic E-state index is 10.9. The lowest BCUT2D eigenvalue weighted by molar-refractivity contribution is -0.384. The van der Waals surface area contributed by atoms with Crippen LogP contribution in [-0.2, 0) is 4.74 Å². The lowest BCUT2D eigenvalue weighted by atomic mass is 10.0. The minimum atomic E-state index is -0.501. The quantitative estimate of drug-likeness (QED) is 0.673. The van der Waals surface area contributed by atoms with E-state index in [1.54, 1.807) is 0 Å². The molecule has 1 atom stereocenters. The molecular weight excluding hydrogens is 258 g/mol. The molecule has 0 radical (unpaired) electrons. The lowest BCUT2D eigenvalue weighted by Crippen LogP contribution is -2.32. The van der Waals surface area contributed by atoms with E-state index in [-0.39, 0.29) is 22.1 Å². The second kappa shape index (κ2) is 5.07. The van der Waals surface area contributed by atoms with Gasteiger partial charge in [0.25, 0.3) is 0 Å². The van der Waals surface area contributed by atoms with Crippen molar-refractivity contribution in [2.45, 2.75) is 25.4 Å². The molecule has 1 aromatic heterocycles. The van der Waals surface area contributed by atoms with Crippen molar-refractivity contribution >= 4 is 23.1 Å². The van der Waals surface area contributed by atoms with Gasteiger partial charge in [-0.1, -0.05) is 11.6 Å². The van der Waals surface area contributed by atoms with Crippen molar-refractivity contribution in [1.29, 1.82) is 0 Å². The molecule has 18 heavy (non-hydrogen) atoms. The van der Waals surface area contributed by atoms with Crippen LogP contribution < -0.4 is 5.32 Å². The molecule has 0 aromatic carbocycles. The van der Waals surface area contributed by atoms with Crippen LogP contribution >= 0.6 is 11.6 Å². The van der Waals surface area contributed by atoms with E-state index in [0.29, 0.717) is 6.54 Å². The summed E-state index contributed by atoms with van der Waals surface area (Å²) in [4.78, 5) is 14.3. The van der Waals surface area contributed by atoms with E-state index in [1.165, 1.54) is 12.3 Å². The summed E-state index contributed by atoms with van der Waals surface area (Å²) in [6.45, 7) is 3.20. The standard InChI is InChI=1S/C11H14ClN3O3/c1-11(3-2-4-18-11)7-14-10-9(15(16)17)5-8(12)6-13-10/h5-6H,2-4,7H2,1H3,(H,13,14). The molecule has 1 fully saturated rings. The predicted molar refractivity (Wildman–Crippen MR) is 68.0 cm³/mol. The highest BCUT2D eigenvalue weighted by Gasteiger charge is 2.30. The molecule has 6 nitrogen and oxygen atoms in total. The summed E-state index contributed by atoms with van der Waals surface area (Å²) in [6.07, 6.45) is 3.32. The third kappa shape index (κ3) is 2.88. The van der Waals surface area contributed by atoms with E-state index in [9.17, 15) is 10.1 Å². The average molecular weight is 272 g/mol. The molecule has 1 N–H and O–H groups in total. The molecule has 1 aromatic rings. The Bertz CT molecular complexity index is 461. The maximum Gasteiger partial charge on any atom is 0.312 e. The van der Waals surface area contributed by atoms with E-state index in [4.69, 9.17) is 16.3 Å². The molecule has 0 spiro atoms. The van der Waals surface area contributed by atoms with Gasteiger partial charge in [0.15, 0.2) is 0 Å². The molecular formula is C11H14ClN3O3. The summed E-state index contributed by atoms with van der Waals surface area (Å²) in [5.74, 6) is 0.223. The number of pyridine rings is 1. The van der Waals surface area contributed by atoms with Crippen molar-refractivity contribution in [3.63, 3.8) is 0 Å². The highest BCUT2D eigenvalue weighted by molar-refractivity contribution is 6.30. The molecule has 7 heteroatoms. The zero-order valence-electron chi connectivity index (χ0n) is 9.98. The van der Waals surface area contributed by atoms with E-state index < -0.39 is 4.92 Å². The summed E-state index contributed by atoms with van der Waals surface area (Å²) in [5, 5.41) is 14.1. The Kier molecular flexibility index (Phi) is 3.68. The van der Waals surface area contributed by atoms with Gasteiger partial charge in [-0.15, -0.1) is 0 Å². The normalized spacial score (nSPS) is 23.0. The number of aromatic nitrogens is 1. The average Bonchev–Trinajstić information content (AvgIpc) is 2.75. The van der Waals surface area contributed by atoms with Gasteiger partial charge in [0, 0.05) is 25.4 Å². The van der Waals surface area contributed by atoms with Gasteiger partial charge in [0.1, 0.15) is 0 Å². The lowest BCUT2D eigenvalue weighted by Gasteiger charge is -2.23. The van der Waals surface area contributed by atoms with E-state index in [0.717, 1.165) is 19.4 Å². The topological polar surface area (TPSA) is 77.3 Å². The van der Waals surface area contributed by atoms with Gasteiger partial charge < -0.3 is 10.1 Å². The first kappa shape index (κ1) is 13.0. The fourth-order valence-corrected chi connectivity index (χ4v) is 2.10. The Labute approximate surface area is 109 Å². The van der Waals surface area contributed by atoms with Crippen LogP contribution in [0.1, 0.15) is 19.8 Å². The largest absolute Gasteiger partial charge is 0.373 e. The Hall–Kier alpha value is -1.40. The van der Waals surface area contributed by atoms with Crippen molar-refractivity contribution in [3.05, 3.63) is 27.4 Å². The van der Waals surface area contributed by atoms with Crippen LogP contribution in [0.3, 0.4) is 0 Å². The molecule has 0 bridgehead atoms. The van der Waals surface area contributed by atoms with Gasteiger partial charge in [-0.3, -0.25) is 10.1 Å². The van der Waals surface area contributed by atoms with Crippen molar-refractivity contribution in [1.82, 2.24) is 4.98 Å². The first-order valence-electron chi connectivity index (χ1n) is 5.68. The number of ether oxygens (including phenoxy) is 1. The monoisotopic (exact) mass is 271 g/mol. The number of nitrogens with zero attached hydrogens (tertiary/aromatic N) is 2. The minimum Gasteiger partial charge on any atom is -0.373 e. The van der Waals surface area contributed by atoms with Gasteiger partial charge in [-0.2, -0.15) is 0 Å². The molecule has 1 saturated heterocycles. The molecule has 98 valence electrons. The number of nitrogens with one attached hydrogen (secondary N) is 1. The van der Waals surface area contributed by atoms with E-state index in [2.05, 4.69) is 10.3 Å². The highest BCUT2D eigenvalue weighted by Crippen LogP contribution is 2.28. The summed E-state index contributed by atoms with van der Waals surface area (Å²) < 4.78 is 5.60. The number of halogens is 1. The third-order valence-corrected chi connectivity index (χ3v) is 3.17. The van der Waals surface area contributed by atoms with E-state index in [1.807, 2.05) is 6.92 Å². The molecule has 1 unspecified atom stereocenters. The zero-order chi connectivity index (χ0) is 13.2. The van der Waals surface area contributed by atoms with Gasteiger partial charge in [0.05, 0.1) is 15.5 Å². The Morgan fingerprint density at radius 2 is 2.50 bits per heavy atom. The molecule has 2 heterocycles. The zero-order valence-corrected chi connectivity index (χ0v) is 10.7. The van der Waals surface area contributed by atoms with Gasteiger partial charge in [0.2, 0.25) is 5.82 Å². The van der Waals surface area contributed by atoms with Crippen molar-refractivity contribution < 1.29 is 9.66 Å². The fourth-order valence-electron chi connectivity index (χ4n) is 1.95. The molecule has 0 amide bonds. The second-order valence-electron chi connectivity index (χ2n) is 4.53. The van der Waals surface area contributed by atoms with Crippen LogP contribution in [0.2, 0.25) is 5.02 Å². The van der Waals surface area contributed by atoms with Crippen LogP contribution in [0.25, 0.3) is 0 Å². The first-order valence-corrected chi connectivity index (χ1v) is 6.06. The van der Waals surface area contributed by atoms with Gasteiger partial charge >= 0.3 is 5.69 Å². The van der Waals surface area contributed by atoms with Gasteiger partial charge in [-0.05, 0) is 19.8 Å². The maximum atomic E-state index is 10.9. The summed E-state index contributed by atoms with van der Waals surface area (Å²) >= 11 is 5.70. The predicted octanol–water partition coefficient (Wildman–Crippen LogP) is 2.62. The smallest absolute Gasteiger partial charge is 0.312 e. The third-order valence-electron chi connectivity index (χ3n) is 2.96. The fraction of sp³-hybridized carbons (Fsp3) is 0.545. The molecule has 0 saturated carbocycles. The highest BCUT2D eigenvalue weighted by atomic mass is 35.5. The number of rotatable bonds is 4. The second-order valence-corrected chi connectivity index (χ2v) is 4.97. The van der Waals surface area contributed by atoms with E-state index >= 15 is 0 Å². The van der Waals surface area contributed by atoms with Crippen molar-refractivity contribution in [2.24, 2.45) is 0 Å². The number of anilines is 1. The minimum absolute atomic E-state index is 0.121. The Morgan fingerprint density at radius 1 is 1.72 bits per heavy atom. The number of nitro groups is 1. The number of hydrogen-bond acceptors (Lipinski definition) is 5. The van der Waals surface area contributed by atoms with Crippen LogP contribution in [0.15, 0.2) is 12.3 Å². The van der Waals surface area contributed by atoms with Crippen LogP contribution in [0.4, 0.5) is 11.5 Å². The number of hydrogen-bond donors (Lipinski definition) is 1. The molecule has 1 aliphatic heterocycles. The Balaban J connectivity index is 2.11. The summed E-state index contributed by atoms with van der Waals surface area (Å²) in [7, 11) is 0. The molecule has 0 aliphatic carbocycles. The first-order chi connectivity index (χ1) is 8.50. The summed E-state index contributed by atoms with van der Waals surface area (Å²) in [6, 6.07) is 1.29. The summed E-state index contributed by atoms with van der Waals surface area (Å²) in [5.41, 5.74) is -0.404. The van der Waals surface area contributed by atoms with Gasteiger partial charge in [-0.25, -0.2) is 4.98 Å². The van der Waals surface area contributed by atoms with Crippen molar-refractivity contribution in [2.75, 3.05) is 18.5 Å². The van der Waals surface area contributed by atoms with Crippen LogP contribution in [0, 0.1) is 10.1 Å². The SMILES string of the molecule is CC1(CNc2ncc(Cl)cc2[N+](=O)[O-])CCCO1. The molecule has 2 rings (SSSR count). The molecule has 1 aliphatic rings. The van der Waals surface area contributed by atoms with Crippen LogP contribution in [0.5, 0.6) is 0 Å². The Morgan fingerprint density at radius 3 is 3.11 bits per heavy atom.